The first-order chi connectivity index (χ1) is 7.90. The molecule has 0 aliphatic rings. The van der Waals surface area contributed by atoms with Crippen LogP contribution in [0, 0.1) is 0 Å². The Balaban J connectivity index is 3.27. The summed E-state index contributed by atoms with van der Waals surface area (Å²) in [5, 5.41) is 1.41. The summed E-state index contributed by atoms with van der Waals surface area (Å²) in [5.74, 6) is 0. The molecular weight excluding hydrogens is 238 g/mol. The summed E-state index contributed by atoms with van der Waals surface area (Å²) in [6.45, 7) is 2.25. The zero-order chi connectivity index (χ0) is 13.1. The first kappa shape index (κ1) is 14.1. The molecule has 17 heavy (non-hydrogen) atoms. The van der Waals surface area contributed by atoms with Gasteiger partial charge in [-0.05, 0) is 23.6 Å². The second-order valence-electron chi connectivity index (χ2n) is 3.99. The number of nitrogens with zero attached hydrogens (tertiary/aromatic N) is 1. The predicted octanol–water partition coefficient (Wildman–Crippen LogP) is 0.463. The van der Waals surface area contributed by atoms with Crippen LogP contribution >= 0.6 is 0 Å². The smallest absolute Gasteiger partial charge is 0.253 e. The summed E-state index contributed by atoms with van der Waals surface area (Å²) in [4.78, 5) is 2.73. The molecule has 0 heterocycles. The summed E-state index contributed by atoms with van der Waals surface area (Å²) in [5.41, 5.74) is 7.12. The Labute approximate surface area is 103 Å². The van der Waals surface area contributed by atoms with Crippen molar-refractivity contribution in [3.8, 4) is 0 Å². The number of hydrogen-bond donors (Lipinski definition) is 2. The number of nitrogens with one attached hydrogen (secondary N) is 1. The van der Waals surface area contributed by atoms with E-state index in [-0.39, 0.29) is 0 Å². The van der Waals surface area contributed by atoms with Crippen LogP contribution in [0.15, 0.2) is 23.1 Å². The van der Waals surface area contributed by atoms with Gasteiger partial charge in [-0.15, -0.1) is 4.83 Å². The maximum Gasteiger partial charge on any atom is 0.253 e. The third kappa shape index (κ3) is 3.50. The van der Waals surface area contributed by atoms with Crippen LogP contribution in [-0.4, -0.2) is 27.5 Å². The average Bonchev–Trinajstić information content (AvgIpc) is 2.26. The number of sulfonamides is 1. The zero-order valence-corrected chi connectivity index (χ0v) is 11.2. The molecule has 6 heteroatoms. The maximum atomic E-state index is 12.1. The van der Waals surface area contributed by atoms with Crippen molar-refractivity contribution in [1.29, 1.82) is 0 Å². The van der Waals surface area contributed by atoms with E-state index in [1.54, 1.807) is 20.2 Å². The highest BCUT2D eigenvalue weighted by Gasteiger charge is 2.18. The van der Waals surface area contributed by atoms with Crippen LogP contribution in [0.1, 0.15) is 18.1 Å². The second-order valence-corrected chi connectivity index (χ2v) is 5.62. The fourth-order valence-electron chi connectivity index (χ4n) is 1.56. The van der Waals surface area contributed by atoms with E-state index in [0.29, 0.717) is 17.9 Å². The molecule has 1 aromatic rings. The Morgan fingerprint density at radius 2 is 2.00 bits per heavy atom. The normalized spacial score (nSPS) is 12.1. The minimum atomic E-state index is -3.51. The third-order valence-corrected chi connectivity index (χ3v) is 3.91. The maximum absolute atomic E-state index is 12.1. The highest BCUT2D eigenvalue weighted by Crippen LogP contribution is 2.18. The van der Waals surface area contributed by atoms with Gasteiger partial charge in [0.2, 0.25) is 0 Å². The van der Waals surface area contributed by atoms with Crippen LogP contribution in [0.5, 0.6) is 0 Å². The monoisotopic (exact) mass is 257 g/mol. The lowest BCUT2D eigenvalue weighted by molar-refractivity contribution is 0.364. The first-order valence-electron chi connectivity index (χ1n) is 5.42. The van der Waals surface area contributed by atoms with Gasteiger partial charge in [-0.3, -0.25) is 0 Å². The van der Waals surface area contributed by atoms with Crippen LogP contribution in [0.3, 0.4) is 0 Å². The van der Waals surface area contributed by atoms with E-state index >= 15 is 0 Å². The summed E-state index contributed by atoms with van der Waals surface area (Å²) < 4.78 is 24.2. The Morgan fingerprint density at radius 3 is 2.47 bits per heavy atom. The Kier molecular flexibility index (Phi) is 4.64. The van der Waals surface area contributed by atoms with Crippen molar-refractivity contribution in [1.82, 2.24) is 9.84 Å². The largest absolute Gasteiger partial charge is 0.326 e. The molecule has 0 aromatic heterocycles. The van der Waals surface area contributed by atoms with Crippen LogP contribution in [0.4, 0.5) is 0 Å². The second kappa shape index (κ2) is 5.59. The van der Waals surface area contributed by atoms with Gasteiger partial charge in [0.25, 0.3) is 10.0 Å². The molecule has 0 saturated heterocycles. The van der Waals surface area contributed by atoms with E-state index in [2.05, 4.69) is 4.83 Å². The summed E-state index contributed by atoms with van der Waals surface area (Å²) in [6.07, 6.45) is 0.661. The molecule has 3 N–H and O–H groups in total. The number of aryl methyl sites for hydroxylation is 1. The van der Waals surface area contributed by atoms with Gasteiger partial charge in [-0.1, -0.05) is 19.1 Å². The lowest BCUT2D eigenvalue weighted by atomic mass is 10.1. The molecule has 0 aliphatic heterocycles. The molecule has 0 aliphatic carbocycles. The van der Waals surface area contributed by atoms with Crippen molar-refractivity contribution in [2.45, 2.75) is 24.8 Å². The van der Waals surface area contributed by atoms with Gasteiger partial charge in [0.05, 0.1) is 4.90 Å². The Bertz CT molecular complexity index is 483. The van der Waals surface area contributed by atoms with E-state index in [4.69, 9.17) is 5.73 Å². The highest BCUT2D eigenvalue weighted by atomic mass is 32.2. The van der Waals surface area contributed by atoms with E-state index in [9.17, 15) is 8.42 Å². The van der Waals surface area contributed by atoms with Crippen molar-refractivity contribution >= 4 is 10.0 Å². The average molecular weight is 257 g/mol. The predicted molar refractivity (Wildman–Crippen MR) is 67.7 cm³/mol. The molecule has 5 nitrogen and oxygen atoms in total. The molecule has 0 fully saturated rings. The topological polar surface area (TPSA) is 75.4 Å². The number of hydrazine groups is 1. The van der Waals surface area contributed by atoms with Crippen LogP contribution in [-0.2, 0) is 23.0 Å². The van der Waals surface area contributed by atoms with Crippen molar-refractivity contribution in [2.24, 2.45) is 5.73 Å². The molecule has 0 saturated carbocycles. The van der Waals surface area contributed by atoms with E-state index in [1.165, 1.54) is 5.01 Å². The molecule has 1 aromatic carbocycles. The van der Waals surface area contributed by atoms with Crippen molar-refractivity contribution in [2.75, 3.05) is 14.1 Å². The third-order valence-electron chi connectivity index (χ3n) is 2.34. The van der Waals surface area contributed by atoms with Gasteiger partial charge in [-0.25, -0.2) is 13.4 Å². The molecule has 0 spiro atoms. The molecule has 0 radical (unpaired) electrons. The minimum Gasteiger partial charge on any atom is -0.326 e. The van der Waals surface area contributed by atoms with Crippen LogP contribution in [0.2, 0.25) is 0 Å². The van der Waals surface area contributed by atoms with Crippen LogP contribution in [0.25, 0.3) is 0 Å². The number of benzene rings is 1. The van der Waals surface area contributed by atoms with E-state index < -0.39 is 10.0 Å². The van der Waals surface area contributed by atoms with Gasteiger partial charge in [0.15, 0.2) is 0 Å². The summed E-state index contributed by atoms with van der Waals surface area (Å²) >= 11 is 0. The van der Waals surface area contributed by atoms with E-state index in [1.807, 2.05) is 19.1 Å². The molecule has 0 bridgehead atoms. The molecule has 0 amide bonds. The van der Waals surface area contributed by atoms with E-state index in [0.717, 1.165) is 11.1 Å². The summed E-state index contributed by atoms with van der Waals surface area (Å²) in [7, 11) is -0.245. The molecule has 1 rings (SSSR count). The van der Waals surface area contributed by atoms with Crippen molar-refractivity contribution < 1.29 is 8.42 Å². The Morgan fingerprint density at radius 1 is 1.35 bits per heavy atom. The van der Waals surface area contributed by atoms with Crippen molar-refractivity contribution in [3.05, 3.63) is 29.3 Å². The molecular formula is C11H19N3O2S. The van der Waals surface area contributed by atoms with Gasteiger partial charge in [0, 0.05) is 20.6 Å². The fourth-order valence-corrected chi connectivity index (χ4v) is 3.00. The molecule has 0 atom stereocenters. The van der Waals surface area contributed by atoms with Gasteiger partial charge in [-0.2, -0.15) is 0 Å². The number of hydrogen-bond acceptors (Lipinski definition) is 4. The highest BCUT2D eigenvalue weighted by molar-refractivity contribution is 7.89. The SMILES string of the molecule is CCc1ccc(CN)cc1S(=O)(=O)NN(C)C. The molecule has 96 valence electrons. The lowest BCUT2D eigenvalue weighted by Gasteiger charge is -2.15. The number of rotatable bonds is 5. The zero-order valence-electron chi connectivity index (χ0n) is 10.4. The number of nitrogens with two attached hydrogens (primary N) is 1. The van der Waals surface area contributed by atoms with Gasteiger partial charge >= 0.3 is 0 Å². The Hall–Kier alpha value is -0.950. The van der Waals surface area contributed by atoms with Crippen LogP contribution < -0.4 is 10.6 Å². The lowest BCUT2D eigenvalue weighted by Crippen LogP contribution is -2.36. The standard InChI is InChI=1S/C11H19N3O2S/c1-4-10-6-5-9(8-12)7-11(10)17(15,16)13-14(2)3/h5-7,13H,4,8,12H2,1-3H3. The van der Waals surface area contributed by atoms with Gasteiger partial charge < -0.3 is 5.73 Å². The first-order valence-corrected chi connectivity index (χ1v) is 6.90. The molecule has 0 unspecified atom stereocenters. The minimum absolute atomic E-state index is 0.302. The summed E-state index contributed by atoms with van der Waals surface area (Å²) in [6, 6.07) is 5.30. The quantitative estimate of drug-likeness (QED) is 0.752. The van der Waals surface area contributed by atoms with Crippen molar-refractivity contribution in [3.63, 3.8) is 0 Å². The fraction of sp³-hybridized carbons (Fsp3) is 0.455. The van der Waals surface area contributed by atoms with Gasteiger partial charge in [0.1, 0.15) is 0 Å².